The summed E-state index contributed by atoms with van der Waals surface area (Å²) in [5.41, 5.74) is 10.5. The molecule has 0 amide bonds. The summed E-state index contributed by atoms with van der Waals surface area (Å²) >= 11 is 6.11. The summed E-state index contributed by atoms with van der Waals surface area (Å²) in [4.78, 5) is 13.6. The van der Waals surface area contributed by atoms with Gasteiger partial charge in [0.05, 0.1) is 6.04 Å². The molecule has 0 atom stereocenters. The Hall–Kier alpha value is -3.61. The third-order valence-electron chi connectivity index (χ3n) is 6.16. The number of aromatic nitrogens is 2. The first kappa shape index (κ1) is 22.2. The fraction of sp³-hybridized carbons (Fsp3) is 0.185. The molecule has 3 N–H and O–H groups in total. The Kier molecular flexibility index (Phi) is 6.60. The molecule has 2 heterocycles. The first-order chi connectivity index (χ1) is 16.7. The van der Waals surface area contributed by atoms with Gasteiger partial charge in [-0.05, 0) is 29.3 Å². The lowest BCUT2D eigenvalue weighted by molar-refractivity contribution is 0.212. The Morgan fingerprint density at radius 1 is 0.794 bits per heavy atom. The zero-order valence-corrected chi connectivity index (χ0v) is 19.6. The Morgan fingerprint density at radius 2 is 1.44 bits per heavy atom. The van der Waals surface area contributed by atoms with Gasteiger partial charge in [0.2, 0.25) is 0 Å². The van der Waals surface area contributed by atoms with Crippen molar-refractivity contribution in [3.05, 3.63) is 107 Å². The van der Waals surface area contributed by atoms with Gasteiger partial charge in [0.1, 0.15) is 12.0 Å². The number of nitrogens with two attached hydrogens (primary N) is 1. The molecular formula is C27H27ClN6. The third kappa shape index (κ3) is 4.83. The highest BCUT2D eigenvalue weighted by Crippen LogP contribution is 2.33. The SMILES string of the molecule is Nc1c(Nc2cccc(Cl)c2)ncnc1N1CCN(C(c2ccccc2)c2ccccc2)CC1. The number of benzene rings is 3. The van der Waals surface area contributed by atoms with Gasteiger partial charge in [0.15, 0.2) is 11.6 Å². The fourth-order valence-corrected chi connectivity index (χ4v) is 4.71. The molecule has 7 heteroatoms. The Bertz CT molecular complexity index is 1190. The molecule has 1 fully saturated rings. The van der Waals surface area contributed by atoms with Crippen LogP contribution < -0.4 is 16.0 Å². The highest BCUT2D eigenvalue weighted by molar-refractivity contribution is 6.30. The molecule has 1 aromatic heterocycles. The Morgan fingerprint density at radius 3 is 2.06 bits per heavy atom. The predicted octanol–water partition coefficient (Wildman–Crippen LogP) is 5.37. The summed E-state index contributed by atoms with van der Waals surface area (Å²) in [6.45, 7) is 3.45. The van der Waals surface area contributed by atoms with Crippen LogP contribution in [0.3, 0.4) is 0 Å². The van der Waals surface area contributed by atoms with E-state index in [9.17, 15) is 0 Å². The lowest BCUT2D eigenvalue weighted by Crippen LogP contribution is -2.48. The zero-order valence-electron chi connectivity index (χ0n) is 18.8. The van der Waals surface area contributed by atoms with E-state index in [1.165, 1.54) is 11.1 Å². The minimum Gasteiger partial charge on any atom is -0.393 e. The summed E-state index contributed by atoms with van der Waals surface area (Å²) in [7, 11) is 0. The monoisotopic (exact) mass is 470 g/mol. The number of nitrogens with one attached hydrogen (secondary N) is 1. The minimum atomic E-state index is 0.215. The number of nitrogen functional groups attached to an aromatic ring is 1. The first-order valence-corrected chi connectivity index (χ1v) is 11.8. The van der Waals surface area contributed by atoms with Crippen LogP contribution in [0.5, 0.6) is 0 Å². The molecule has 34 heavy (non-hydrogen) atoms. The molecule has 0 aliphatic carbocycles. The van der Waals surface area contributed by atoms with Gasteiger partial charge in [-0.3, -0.25) is 4.90 Å². The number of nitrogens with zero attached hydrogens (tertiary/aromatic N) is 4. The Labute approximate surface area is 205 Å². The van der Waals surface area contributed by atoms with Crippen LogP contribution in [0.25, 0.3) is 0 Å². The van der Waals surface area contributed by atoms with Crippen LogP contribution in [0.15, 0.2) is 91.3 Å². The van der Waals surface area contributed by atoms with Gasteiger partial charge in [-0.25, -0.2) is 9.97 Å². The molecule has 4 aromatic rings. The molecule has 1 aliphatic rings. The van der Waals surface area contributed by atoms with Crippen LogP contribution in [-0.2, 0) is 0 Å². The van der Waals surface area contributed by atoms with E-state index in [0.29, 0.717) is 16.5 Å². The van der Waals surface area contributed by atoms with Crippen LogP contribution in [0, 0.1) is 0 Å². The van der Waals surface area contributed by atoms with Crippen molar-refractivity contribution in [2.24, 2.45) is 0 Å². The van der Waals surface area contributed by atoms with E-state index in [0.717, 1.165) is 37.7 Å². The number of halogens is 1. The summed E-state index contributed by atoms with van der Waals surface area (Å²) < 4.78 is 0. The molecule has 0 saturated carbocycles. The number of hydrogen-bond donors (Lipinski definition) is 2. The smallest absolute Gasteiger partial charge is 0.159 e. The average molecular weight is 471 g/mol. The number of piperazine rings is 1. The van der Waals surface area contributed by atoms with Crippen molar-refractivity contribution in [3.8, 4) is 0 Å². The zero-order chi connectivity index (χ0) is 23.3. The molecule has 0 bridgehead atoms. The summed E-state index contributed by atoms with van der Waals surface area (Å²) in [5.74, 6) is 1.34. The van der Waals surface area contributed by atoms with E-state index in [2.05, 4.69) is 85.7 Å². The minimum absolute atomic E-state index is 0.215. The molecule has 0 spiro atoms. The van der Waals surface area contributed by atoms with Crippen LogP contribution in [0.1, 0.15) is 17.2 Å². The number of rotatable bonds is 6. The molecule has 6 nitrogen and oxygen atoms in total. The highest BCUT2D eigenvalue weighted by atomic mass is 35.5. The van der Waals surface area contributed by atoms with Gasteiger partial charge in [-0.15, -0.1) is 0 Å². The highest BCUT2D eigenvalue weighted by Gasteiger charge is 2.28. The van der Waals surface area contributed by atoms with E-state index >= 15 is 0 Å². The van der Waals surface area contributed by atoms with Crippen molar-refractivity contribution in [3.63, 3.8) is 0 Å². The standard InChI is InChI=1S/C27H27ClN6/c28-22-12-7-13-23(18-22)32-26-24(29)27(31-19-30-26)34-16-14-33(15-17-34)25(20-8-3-1-4-9-20)21-10-5-2-6-11-21/h1-13,18-19,25H,14-17,29H2,(H,30,31,32). The second-order valence-electron chi connectivity index (χ2n) is 8.34. The van der Waals surface area contributed by atoms with Crippen molar-refractivity contribution >= 4 is 34.6 Å². The van der Waals surface area contributed by atoms with Gasteiger partial charge in [0, 0.05) is 36.9 Å². The lowest BCUT2D eigenvalue weighted by Gasteiger charge is -2.40. The van der Waals surface area contributed by atoms with Gasteiger partial charge in [-0.1, -0.05) is 78.3 Å². The van der Waals surface area contributed by atoms with Crippen LogP contribution in [0.4, 0.5) is 23.0 Å². The lowest BCUT2D eigenvalue weighted by atomic mass is 9.96. The predicted molar refractivity (Wildman–Crippen MR) is 140 cm³/mol. The molecule has 0 radical (unpaired) electrons. The van der Waals surface area contributed by atoms with E-state index in [-0.39, 0.29) is 6.04 Å². The quantitative estimate of drug-likeness (QED) is 0.395. The average Bonchev–Trinajstić information content (AvgIpc) is 2.87. The molecule has 5 rings (SSSR count). The molecule has 0 unspecified atom stereocenters. The van der Waals surface area contributed by atoms with Gasteiger partial charge in [0.25, 0.3) is 0 Å². The molecule has 1 aliphatic heterocycles. The van der Waals surface area contributed by atoms with Crippen molar-refractivity contribution in [1.82, 2.24) is 14.9 Å². The maximum Gasteiger partial charge on any atom is 0.159 e. The van der Waals surface area contributed by atoms with E-state index < -0.39 is 0 Å². The summed E-state index contributed by atoms with van der Waals surface area (Å²) in [6, 6.07) is 29.1. The largest absolute Gasteiger partial charge is 0.393 e. The second-order valence-corrected chi connectivity index (χ2v) is 8.78. The van der Waals surface area contributed by atoms with Crippen molar-refractivity contribution in [2.75, 3.05) is 42.1 Å². The van der Waals surface area contributed by atoms with E-state index in [1.54, 1.807) is 6.33 Å². The van der Waals surface area contributed by atoms with Crippen LogP contribution >= 0.6 is 11.6 Å². The van der Waals surface area contributed by atoms with Crippen LogP contribution in [-0.4, -0.2) is 41.0 Å². The van der Waals surface area contributed by atoms with Crippen LogP contribution in [0.2, 0.25) is 5.02 Å². The summed E-state index contributed by atoms with van der Waals surface area (Å²) in [6.07, 6.45) is 1.56. The number of anilines is 4. The fourth-order valence-electron chi connectivity index (χ4n) is 4.52. The Balaban J connectivity index is 1.34. The van der Waals surface area contributed by atoms with Crippen molar-refractivity contribution < 1.29 is 0 Å². The van der Waals surface area contributed by atoms with Crippen molar-refractivity contribution in [1.29, 1.82) is 0 Å². The van der Waals surface area contributed by atoms with Gasteiger partial charge >= 0.3 is 0 Å². The molecule has 3 aromatic carbocycles. The second kappa shape index (κ2) is 10.1. The van der Waals surface area contributed by atoms with Crippen molar-refractivity contribution in [2.45, 2.75) is 6.04 Å². The maximum absolute atomic E-state index is 6.50. The van der Waals surface area contributed by atoms with E-state index in [4.69, 9.17) is 17.3 Å². The molecule has 172 valence electrons. The third-order valence-corrected chi connectivity index (χ3v) is 6.39. The molecule has 1 saturated heterocycles. The summed E-state index contributed by atoms with van der Waals surface area (Å²) in [5, 5.41) is 3.92. The van der Waals surface area contributed by atoms with Gasteiger partial charge in [-0.2, -0.15) is 0 Å². The first-order valence-electron chi connectivity index (χ1n) is 11.4. The normalized spacial score (nSPS) is 14.4. The molecular weight excluding hydrogens is 444 g/mol. The maximum atomic E-state index is 6.50. The van der Waals surface area contributed by atoms with E-state index in [1.807, 2.05) is 24.3 Å². The topological polar surface area (TPSA) is 70.3 Å². The van der Waals surface area contributed by atoms with Gasteiger partial charge < -0.3 is 16.0 Å². The number of hydrogen-bond acceptors (Lipinski definition) is 6.